The van der Waals surface area contributed by atoms with Crippen molar-refractivity contribution in [3.8, 4) is 5.75 Å². The first kappa shape index (κ1) is 18.2. The van der Waals surface area contributed by atoms with E-state index in [2.05, 4.69) is 20.8 Å². The van der Waals surface area contributed by atoms with Crippen molar-refractivity contribution in [3.05, 3.63) is 63.6 Å². The Bertz CT molecular complexity index is 716. The van der Waals surface area contributed by atoms with E-state index >= 15 is 0 Å². The number of hydrogen-bond donors (Lipinski definition) is 0. The molecule has 0 aromatic heterocycles. The molecule has 0 aliphatic carbocycles. The molecule has 0 bridgehead atoms. The smallest absolute Gasteiger partial charge is 0.253 e. The molecule has 6 heteroatoms. The van der Waals surface area contributed by atoms with E-state index in [4.69, 9.17) is 16.3 Å². The van der Waals surface area contributed by atoms with Crippen LogP contribution in [0.3, 0.4) is 0 Å². The van der Waals surface area contributed by atoms with E-state index in [0.29, 0.717) is 17.4 Å². The average molecular weight is 424 g/mol. The van der Waals surface area contributed by atoms with Crippen molar-refractivity contribution in [1.29, 1.82) is 0 Å². The van der Waals surface area contributed by atoms with Gasteiger partial charge in [0, 0.05) is 42.8 Å². The summed E-state index contributed by atoms with van der Waals surface area (Å²) in [5, 5.41) is 0.632. The first-order chi connectivity index (χ1) is 12.1. The maximum absolute atomic E-state index is 12.5. The molecular formula is C19H20BrClN2O2. The number of rotatable bonds is 5. The van der Waals surface area contributed by atoms with Crippen molar-refractivity contribution in [2.24, 2.45) is 0 Å². The van der Waals surface area contributed by atoms with E-state index in [1.165, 1.54) is 0 Å². The molecule has 2 aromatic rings. The van der Waals surface area contributed by atoms with Crippen molar-refractivity contribution in [2.45, 2.75) is 0 Å². The molecule has 0 atom stereocenters. The Balaban J connectivity index is 1.43. The zero-order valence-electron chi connectivity index (χ0n) is 13.8. The highest BCUT2D eigenvalue weighted by molar-refractivity contribution is 9.10. The molecule has 1 aliphatic rings. The Morgan fingerprint density at radius 1 is 1.04 bits per heavy atom. The zero-order valence-corrected chi connectivity index (χ0v) is 16.2. The highest BCUT2D eigenvalue weighted by Gasteiger charge is 2.21. The Kier molecular flexibility index (Phi) is 6.34. The minimum atomic E-state index is 0.0967. The summed E-state index contributed by atoms with van der Waals surface area (Å²) in [6.07, 6.45) is 0. The molecule has 2 aromatic carbocycles. The Hall–Kier alpha value is -1.56. The maximum Gasteiger partial charge on any atom is 0.253 e. The fraction of sp³-hybridized carbons (Fsp3) is 0.316. The molecule has 4 nitrogen and oxygen atoms in total. The van der Waals surface area contributed by atoms with Gasteiger partial charge in [-0.1, -0.05) is 39.7 Å². The minimum Gasteiger partial charge on any atom is -0.491 e. The van der Waals surface area contributed by atoms with Gasteiger partial charge in [-0.25, -0.2) is 0 Å². The molecule has 132 valence electrons. The maximum atomic E-state index is 12.5. The number of ether oxygens (including phenoxy) is 1. The van der Waals surface area contributed by atoms with Gasteiger partial charge in [-0.3, -0.25) is 9.69 Å². The average Bonchev–Trinajstić information content (AvgIpc) is 2.64. The Morgan fingerprint density at radius 3 is 2.40 bits per heavy atom. The van der Waals surface area contributed by atoms with Gasteiger partial charge in [-0.2, -0.15) is 0 Å². The SMILES string of the molecule is O=C(c1ccc(Br)cc1)N1CCN(CCOc2ccccc2Cl)CC1. The lowest BCUT2D eigenvalue weighted by atomic mass is 10.2. The molecule has 1 aliphatic heterocycles. The molecule has 3 rings (SSSR count). The van der Waals surface area contributed by atoms with E-state index < -0.39 is 0 Å². The molecule has 25 heavy (non-hydrogen) atoms. The predicted molar refractivity (Wildman–Crippen MR) is 103 cm³/mol. The Morgan fingerprint density at radius 2 is 1.72 bits per heavy atom. The number of piperazine rings is 1. The fourth-order valence-corrected chi connectivity index (χ4v) is 3.25. The van der Waals surface area contributed by atoms with Gasteiger partial charge in [-0.05, 0) is 36.4 Å². The van der Waals surface area contributed by atoms with Crippen molar-refractivity contribution in [2.75, 3.05) is 39.3 Å². The standard InChI is InChI=1S/C19H20BrClN2O2/c20-16-7-5-15(6-8-16)19(24)23-11-9-22(10-12-23)13-14-25-18-4-2-1-3-17(18)21/h1-8H,9-14H2. The van der Waals surface area contributed by atoms with Crippen LogP contribution < -0.4 is 4.74 Å². The molecule has 0 spiro atoms. The van der Waals surface area contributed by atoms with E-state index in [9.17, 15) is 4.79 Å². The van der Waals surface area contributed by atoms with Gasteiger partial charge in [-0.15, -0.1) is 0 Å². The third kappa shape index (κ3) is 4.97. The van der Waals surface area contributed by atoms with E-state index in [-0.39, 0.29) is 5.91 Å². The van der Waals surface area contributed by atoms with Crippen LogP contribution in [0, 0.1) is 0 Å². The van der Waals surface area contributed by atoms with Gasteiger partial charge in [0.2, 0.25) is 0 Å². The molecule has 0 saturated carbocycles. The van der Waals surface area contributed by atoms with Gasteiger partial charge in [0.05, 0.1) is 5.02 Å². The lowest BCUT2D eigenvalue weighted by Crippen LogP contribution is -2.49. The largest absolute Gasteiger partial charge is 0.491 e. The summed E-state index contributed by atoms with van der Waals surface area (Å²) in [6, 6.07) is 15.0. The van der Waals surface area contributed by atoms with Gasteiger partial charge < -0.3 is 9.64 Å². The van der Waals surface area contributed by atoms with Crippen LogP contribution in [-0.4, -0.2) is 55.0 Å². The summed E-state index contributed by atoms with van der Waals surface area (Å²) in [4.78, 5) is 16.7. The van der Waals surface area contributed by atoms with Crippen molar-refractivity contribution < 1.29 is 9.53 Å². The first-order valence-electron chi connectivity index (χ1n) is 8.28. The number of para-hydroxylation sites is 1. The normalized spacial score (nSPS) is 15.2. The molecule has 1 fully saturated rings. The van der Waals surface area contributed by atoms with Gasteiger partial charge in [0.1, 0.15) is 12.4 Å². The number of carbonyl (C=O) groups is 1. The van der Waals surface area contributed by atoms with E-state index in [0.717, 1.165) is 42.8 Å². The molecule has 0 N–H and O–H groups in total. The van der Waals surface area contributed by atoms with Crippen LogP contribution in [0.2, 0.25) is 5.02 Å². The lowest BCUT2D eigenvalue weighted by Gasteiger charge is -2.34. The monoisotopic (exact) mass is 422 g/mol. The van der Waals surface area contributed by atoms with Crippen LogP contribution in [0.4, 0.5) is 0 Å². The number of carbonyl (C=O) groups excluding carboxylic acids is 1. The quantitative estimate of drug-likeness (QED) is 0.730. The summed E-state index contributed by atoms with van der Waals surface area (Å²) < 4.78 is 6.71. The van der Waals surface area contributed by atoms with Crippen LogP contribution in [0.25, 0.3) is 0 Å². The van der Waals surface area contributed by atoms with Crippen LogP contribution in [0.1, 0.15) is 10.4 Å². The molecule has 1 saturated heterocycles. The summed E-state index contributed by atoms with van der Waals surface area (Å²) in [7, 11) is 0. The van der Waals surface area contributed by atoms with Crippen LogP contribution in [0.5, 0.6) is 5.75 Å². The van der Waals surface area contributed by atoms with Crippen molar-refractivity contribution in [1.82, 2.24) is 9.80 Å². The summed E-state index contributed by atoms with van der Waals surface area (Å²) in [6.45, 7) is 4.60. The molecular weight excluding hydrogens is 404 g/mol. The summed E-state index contributed by atoms with van der Waals surface area (Å²) >= 11 is 9.47. The zero-order chi connectivity index (χ0) is 17.6. The van der Waals surface area contributed by atoms with Gasteiger partial charge >= 0.3 is 0 Å². The van der Waals surface area contributed by atoms with Crippen molar-refractivity contribution >= 4 is 33.4 Å². The number of benzene rings is 2. The number of nitrogens with zero attached hydrogens (tertiary/aromatic N) is 2. The highest BCUT2D eigenvalue weighted by atomic mass is 79.9. The predicted octanol–water partition coefficient (Wildman–Crippen LogP) is 3.94. The lowest BCUT2D eigenvalue weighted by molar-refractivity contribution is 0.0620. The second-order valence-corrected chi connectivity index (χ2v) is 7.24. The topological polar surface area (TPSA) is 32.8 Å². The van der Waals surface area contributed by atoms with Crippen molar-refractivity contribution in [3.63, 3.8) is 0 Å². The Labute approximate surface area is 161 Å². The number of hydrogen-bond acceptors (Lipinski definition) is 3. The minimum absolute atomic E-state index is 0.0967. The third-order valence-electron chi connectivity index (χ3n) is 4.25. The first-order valence-corrected chi connectivity index (χ1v) is 9.45. The van der Waals surface area contributed by atoms with E-state index in [1.807, 2.05) is 53.4 Å². The molecule has 0 unspecified atom stereocenters. The van der Waals surface area contributed by atoms with E-state index in [1.54, 1.807) is 0 Å². The van der Waals surface area contributed by atoms with Crippen LogP contribution in [0.15, 0.2) is 53.0 Å². The second-order valence-electron chi connectivity index (χ2n) is 5.92. The van der Waals surface area contributed by atoms with Gasteiger partial charge in [0.15, 0.2) is 0 Å². The summed E-state index contributed by atoms with van der Waals surface area (Å²) in [5.74, 6) is 0.813. The fourth-order valence-electron chi connectivity index (χ4n) is 2.80. The third-order valence-corrected chi connectivity index (χ3v) is 5.09. The van der Waals surface area contributed by atoms with Crippen LogP contribution in [-0.2, 0) is 0 Å². The highest BCUT2D eigenvalue weighted by Crippen LogP contribution is 2.23. The van der Waals surface area contributed by atoms with Gasteiger partial charge in [0.25, 0.3) is 5.91 Å². The number of amides is 1. The molecule has 0 radical (unpaired) electrons. The number of halogens is 2. The second kappa shape index (κ2) is 8.70. The molecule has 1 amide bonds. The molecule has 1 heterocycles. The van der Waals surface area contributed by atoms with Crippen LogP contribution >= 0.6 is 27.5 Å². The summed E-state index contributed by atoms with van der Waals surface area (Å²) in [5.41, 5.74) is 0.735.